The number of hydrogen-bond donors (Lipinski definition) is 1. The molecule has 0 unspecified atom stereocenters. The first-order valence-corrected chi connectivity index (χ1v) is 9.16. The Kier molecular flexibility index (Phi) is 4.77. The van der Waals surface area contributed by atoms with Crippen LogP contribution >= 0.6 is 0 Å². The Morgan fingerprint density at radius 2 is 1.96 bits per heavy atom. The number of carbonyl (C=O) groups is 2. The lowest BCUT2D eigenvalue weighted by atomic mass is 9.89. The van der Waals surface area contributed by atoms with Crippen LogP contribution < -0.4 is 4.74 Å². The highest BCUT2D eigenvalue weighted by molar-refractivity contribution is 5.89. The lowest BCUT2D eigenvalue weighted by molar-refractivity contribution is -0.141. The van der Waals surface area contributed by atoms with Crippen molar-refractivity contribution in [2.24, 2.45) is 5.92 Å². The van der Waals surface area contributed by atoms with Crippen LogP contribution in [0.4, 0.5) is 0 Å². The number of fused-ring (bicyclic) bond motifs is 1. The van der Waals surface area contributed by atoms with Gasteiger partial charge in [0.1, 0.15) is 11.3 Å². The highest BCUT2D eigenvalue weighted by atomic mass is 16.5. The second-order valence-electron chi connectivity index (χ2n) is 7.06. The SMILES string of the molecule is COc1ccc2c(CC(=O)N3C[C@H](C(=O)O)[C@H](c4ccccc4)C3)coc2c1. The first kappa shape index (κ1) is 18.1. The monoisotopic (exact) mass is 379 g/mol. The molecule has 144 valence electrons. The number of benzene rings is 2. The number of carbonyl (C=O) groups excluding carboxylic acids is 1. The molecule has 3 aromatic rings. The maximum Gasteiger partial charge on any atom is 0.308 e. The third-order valence-corrected chi connectivity index (χ3v) is 5.42. The van der Waals surface area contributed by atoms with Gasteiger partial charge in [0.15, 0.2) is 0 Å². The van der Waals surface area contributed by atoms with Crippen LogP contribution in [0, 0.1) is 5.92 Å². The zero-order chi connectivity index (χ0) is 19.7. The summed E-state index contributed by atoms with van der Waals surface area (Å²) < 4.78 is 10.8. The molecule has 1 saturated heterocycles. The summed E-state index contributed by atoms with van der Waals surface area (Å²) in [5.41, 5.74) is 2.40. The van der Waals surface area contributed by atoms with Gasteiger partial charge in [-0.25, -0.2) is 0 Å². The van der Waals surface area contributed by atoms with E-state index in [2.05, 4.69) is 0 Å². The Morgan fingerprint density at radius 3 is 2.68 bits per heavy atom. The van der Waals surface area contributed by atoms with E-state index in [0.717, 1.165) is 16.5 Å². The minimum absolute atomic E-state index is 0.0943. The van der Waals surface area contributed by atoms with Crippen molar-refractivity contribution in [3.8, 4) is 5.75 Å². The number of ether oxygens (including phenoxy) is 1. The maximum atomic E-state index is 12.9. The third-order valence-electron chi connectivity index (χ3n) is 5.42. The van der Waals surface area contributed by atoms with Crippen molar-refractivity contribution >= 4 is 22.8 Å². The van der Waals surface area contributed by atoms with E-state index >= 15 is 0 Å². The van der Waals surface area contributed by atoms with Gasteiger partial charge in [-0.2, -0.15) is 0 Å². The number of nitrogens with zero attached hydrogens (tertiary/aromatic N) is 1. The smallest absolute Gasteiger partial charge is 0.308 e. The number of likely N-dealkylation sites (tertiary alicyclic amines) is 1. The molecule has 6 heteroatoms. The molecular formula is C22H21NO5. The first-order chi connectivity index (χ1) is 13.6. The summed E-state index contributed by atoms with van der Waals surface area (Å²) in [6.45, 7) is 0.626. The number of hydrogen-bond acceptors (Lipinski definition) is 4. The van der Waals surface area contributed by atoms with Crippen molar-refractivity contribution in [3.05, 3.63) is 65.9 Å². The quantitative estimate of drug-likeness (QED) is 0.736. The molecule has 0 aliphatic carbocycles. The van der Waals surface area contributed by atoms with E-state index in [0.29, 0.717) is 17.9 Å². The molecule has 0 saturated carbocycles. The Hall–Kier alpha value is -3.28. The molecular weight excluding hydrogens is 358 g/mol. The molecule has 2 atom stereocenters. The maximum absolute atomic E-state index is 12.9. The van der Waals surface area contributed by atoms with Gasteiger partial charge in [0.05, 0.1) is 25.7 Å². The van der Waals surface area contributed by atoms with Crippen molar-refractivity contribution in [2.75, 3.05) is 20.2 Å². The van der Waals surface area contributed by atoms with Gasteiger partial charge in [0.25, 0.3) is 0 Å². The predicted octanol–water partition coefficient (Wildman–Crippen LogP) is 3.31. The molecule has 1 aromatic heterocycles. The Labute approximate surface area is 162 Å². The van der Waals surface area contributed by atoms with Gasteiger partial charge in [-0.15, -0.1) is 0 Å². The fraction of sp³-hybridized carbons (Fsp3) is 0.273. The Morgan fingerprint density at radius 1 is 1.18 bits per heavy atom. The minimum atomic E-state index is -0.870. The van der Waals surface area contributed by atoms with Crippen molar-refractivity contribution in [2.45, 2.75) is 12.3 Å². The summed E-state index contributed by atoms with van der Waals surface area (Å²) in [5, 5.41) is 10.5. The normalized spacial score (nSPS) is 19.1. The number of amides is 1. The molecule has 0 spiro atoms. The van der Waals surface area contributed by atoms with Crippen molar-refractivity contribution < 1.29 is 23.8 Å². The van der Waals surface area contributed by atoms with Gasteiger partial charge in [0.2, 0.25) is 5.91 Å². The van der Waals surface area contributed by atoms with Crippen molar-refractivity contribution in [3.63, 3.8) is 0 Å². The number of aliphatic carboxylic acids is 1. The molecule has 0 bridgehead atoms. The average molecular weight is 379 g/mol. The van der Waals surface area contributed by atoms with E-state index in [-0.39, 0.29) is 24.8 Å². The molecule has 1 amide bonds. The van der Waals surface area contributed by atoms with E-state index in [1.165, 1.54) is 0 Å². The first-order valence-electron chi connectivity index (χ1n) is 9.16. The van der Waals surface area contributed by atoms with Gasteiger partial charge in [0, 0.05) is 36.0 Å². The van der Waals surface area contributed by atoms with Crippen LogP contribution in [0.3, 0.4) is 0 Å². The summed E-state index contributed by atoms with van der Waals surface area (Å²) in [5.74, 6) is -1.08. The van der Waals surface area contributed by atoms with E-state index in [1.807, 2.05) is 42.5 Å². The van der Waals surface area contributed by atoms with Gasteiger partial charge in [-0.3, -0.25) is 9.59 Å². The molecule has 2 aromatic carbocycles. The van der Waals surface area contributed by atoms with E-state index in [1.54, 1.807) is 24.3 Å². The van der Waals surface area contributed by atoms with Crippen molar-refractivity contribution in [1.82, 2.24) is 4.90 Å². The Bertz CT molecular complexity index is 1010. The van der Waals surface area contributed by atoms with Crippen LogP contribution in [-0.4, -0.2) is 42.1 Å². The number of furan rings is 1. The second-order valence-corrected chi connectivity index (χ2v) is 7.06. The minimum Gasteiger partial charge on any atom is -0.497 e. The molecule has 6 nitrogen and oxygen atoms in total. The van der Waals surface area contributed by atoms with Crippen LogP contribution in [0.5, 0.6) is 5.75 Å². The highest BCUT2D eigenvalue weighted by Crippen LogP contribution is 2.34. The molecule has 0 radical (unpaired) electrons. The van der Waals surface area contributed by atoms with Crippen LogP contribution in [-0.2, 0) is 16.0 Å². The van der Waals surface area contributed by atoms with Crippen LogP contribution in [0.2, 0.25) is 0 Å². The third kappa shape index (κ3) is 3.33. The standard InChI is InChI=1S/C22H21NO5/c1-27-16-7-8-17-15(13-28-20(17)10-16)9-21(24)23-11-18(19(12-23)22(25)26)14-5-3-2-4-6-14/h2-8,10,13,18-19H,9,11-12H2,1H3,(H,25,26)/t18-,19-/m0/s1. The fourth-order valence-electron chi connectivity index (χ4n) is 3.90. The van der Waals surface area contributed by atoms with Crippen LogP contribution in [0.15, 0.2) is 59.2 Å². The molecule has 2 heterocycles. The number of carboxylic acids is 1. The molecule has 1 fully saturated rings. The van der Waals surface area contributed by atoms with E-state index in [4.69, 9.17) is 9.15 Å². The Balaban J connectivity index is 1.53. The number of methoxy groups -OCH3 is 1. The summed E-state index contributed by atoms with van der Waals surface area (Å²) in [7, 11) is 1.59. The molecule has 4 rings (SSSR count). The highest BCUT2D eigenvalue weighted by Gasteiger charge is 2.40. The van der Waals surface area contributed by atoms with Gasteiger partial charge < -0.3 is 19.2 Å². The molecule has 1 aliphatic rings. The van der Waals surface area contributed by atoms with Crippen LogP contribution in [0.1, 0.15) is 17.0 Å². The van der Waals surface area contributed by atoms with E-state index in [9.17, 15) is 14.7 Å². The topological polar surface area (TPSA) is 80.0 Å². The van der Waals surface area contributed by atoms with Gasteiger partial charge in [-0.1, -0.05) is 30.3 Å². The lowest BCUT2D eigenvalue weighted by Gasteiger charge is -2.16. The summed E-state index contributed by atoms with van der Waals surface area (Å²) in [4.78, 5) is 26.3. The average Bonchev–Trinajstić information content (AvgIpc) is 3.33. The van der Waals surface area contributed by atoms with Gasteiger partial charge >= 0.3 is 5.97 Å². The van der Waals surface area contributed by atoms with Gasteiger partial charge in [-0.05, 0) is 17.7 Å². The summed E-state index contributed by atoms with van der Waals surface area (Å²) in [6.07, 6.45) is 1.76. The summed E-state index contributed by atoms with van der Waals surface area (Å²) >= 11 is 0. The molecule has 28 heavy (non-hydrogen) atoms. The fourth-order valence-corrected chi connectivity index (χ4v) is 3.90. The van der Waals surface area contributed by atoms with Crippen LogP contribution in [0.25, 0.3) is 11.0 Å². The molecule has 1 N–H and O–H groups in total. The lowest BCUT2D eigenvalue weighted by Crippen LogP contribution is -2.31. The van der Waals surface area contributed by atoms with Crippen molar-refractivity contribution in [1.29, 1.82) is 0 Å². The predicted molar refractivity (Wildman–Crippen MR) is 103 cm³/mol. The number of carboxylic acid groups (broad SMARTS) is 1. The molecule has 1 aliphatic heterocycles. The number of rotatable bonds is 5. The summed E-state index contributed by atoms with van der Waals surface area (Å²) in [6, 6.07) is 15.0. The largest absolute Gasteiger partial charge is 0.497 e. The second kappa shape index (κ2) is 7.38. The zero-order valence-corrected chi connectivity index (χ0v) is 15.5. The zero-order valence-electron chi connectivity index (χ0n) is 15.5. The van der Waals surface area contributed by atoms with E-state index < -0.39 is 11.9 Å².